The molecule has 0 spiro atoms. The van der Waals surface area contributed by atoms with Crippen molar-refractivity contribution in [3.63, 3.8) is 0 Å². The second kappa shape index (κ2) is 10.2. The Bertz CT molecular complexity index is 859. The molecule has 1 saturated carbocycles. The highest BCUT2D eigenvalue weighted by atomic mass is 35.5. The van der Waals surface area contributed by atoms with Crippen molar-refractivity contribution < 1.29 is 9.59 Å². The Balaban J connectivity index is 0.00000272. The third-order valence-electron chi connectivity index (χ3n) is 7.13. The average molecular weight is 451 g/mol. The number of carbonyl (C=O) groups is 2. The summed E-state index contributed by atoms with van der Waals surface area (Å²) in [6.07, 6.45) is 8.74. The van der Waals surface area contributed by atoms with Crippen molar-refractivity contribution in [1.82, 2.24) is 19.7 Å². The van der Waals surface area contributed by atoms with Crippen LogP contribution in [0.15, 0.2) is 17.1 Å². The van der Waals surface area contributed by atoms with Crippen molar-refractivity contribution in [2.45, 2.75) is 64.0 Å². The fraction of sp³-hybridized carbons (Fsp3) is 0.696. The SMILES string of the molecule is Cc1ccn(C2CCNCC2)c(=O)c1C(=O)N(C)CC1CC(=O)N(C2CCCC2)C1.Cl. The Hall–Kier alpha value is -1.86. The molecule has 3 fully saturated rings. The minimum atomic E-state index is -0.229. The molecule has 172 valence electrons. The molecular weight excluding hydrogens is 416 g/mol. The third kappa shape index (κ3) is 4.98. The summed E-state index contributed by atoms with van der Waals surface area (Å²) in [6, 6.07) is 2.41. The van der Waals surface area contributed by atoms with Gasteiger partial charge in [-0.2, -0.15) is 0 Å². The van der Waals surface area contributed by atoms with Crippen LogP contribution in [0.25, 0.3) is 0 Å². The van der Waals surface area contributed by atoms with Crippen molar-refractivity contribution in [3.05, 3.63) is 33.7 Å². The van der Waals surface area contributed by atoms with Crippen molar-refractivity contribution in [2.75, 3.05) is 33.2 Å². The highest BCUT2D eigenvalue weighted by Gasteiger charge is 2.36. The number of hydrogen-bond donors (Lipinski definition) is 1. The van der Waals surface area contributed by atoms with Gasteiger partial charge in [-0.25, -0.2) is 0 Å². The molecule has 31 heavy (non-hydrogen) atoms. The van der Waals surface area contributed by atoms with E-state index in [4.69, 9.17) is 0 Å². The molecule has 1 aromatic rings. The van der Waals surface area contributed by atoms with Crippen LogP contribution >= 0.6 is 12.4 Å². The van der Waals surface area contributed by atoms with Crippen LogP contribution in [0, 0.1) is 12.8 Å². The lowest BCUT2D eigenvalue weighted by atomic mass is 10.0. The molecule has 2 saturated heterocycles. The van der Waals surface area contributed by atoms with Crippen LogP contribution in [-0.2, 0) is 4.79 Å². The molecule has 0 bridgehead atoms. The van der Waals surface area contributed by atoms with E-state index < -0.39 is 0 Å². The van der Waals surface area contributed by atoms with E-state index in [2.05, 4.69) is 5.32 Å². The highest BCUT2D eigenvalue weighted by molar-refractivity contribution is 5.95. The van der Waals surface area contributed by atoms with Gasteiger partial charge in [0, 0.05) is 50.8 Å². The van der Waals surface area contributed by atoms with Crippen LogP contribution in [0.5, 0.6) is 0 Å². The first-order chi connectivity index (χ1) is 14.5. The van der Waals surface area contributed by atoms with E-state index in [0.717, 1.165) is 50.9 Å². The van der Waals surface area contributed by atoms with Crippen LogP contribution in [-0.4, -0.2) is 65.4 Å². The molecular formula is C23H35ClN4O3. The van der Waals surface area contributed by atoms with Gasteiger partial charge in [0.1, 0.15) is 5.56 Å². The number of rotatable bonds is 5. The Morgan fingerprint density at radius 2 is 1.81 bits per heavy atom. The normalized spacial score (nSPS) is 22.6. The van der Waals surface area contributed by atoms with Gasteiger partial charge in [-0.15, -0.1) is 12.4 Å². The summed E-state index contributed by atoms with van der Waals surface area (Å²) < 4.78 is 1.75. The first kappa shape index (κ1) is 23.8. The largest absolute Gasteiger partial charge is 0.341 e. The molecule has 0 radical (unpaired) electrons. The highest BCUT2D eigenvalue weighted by Crippen LogP contribution is 2.29. The lowest BCUT2D eigenvalue weighted by Crippen LogP contribution is -2.40. The van der Waals surface area contributed by atoms with Gasteiger partial charge in [0.05, 0.1) is 0 Å². The summed E-state index contributed by atoms with van der Waals surface area (Å²) in [5.74, 6) is 0.132. The number of pyridine rings is 1. The van der Waals surface area contributed by atoms with Gasteiger partial charge in [0.15, 0.2) is 0 Å². The lowest BCUT2D eigenvalue weighted by Gasteiger charge is -2.27. The summed E-state index contributed by atoms with van der Waals surface area (Å²) >= 11 is 0. The molecule has 2 aliphatic heterocycles. The van der Waals surface area contributed by atoms with Crippen molar-refractivity contribution in [1.29, 1.82) is 0 Å². The predicted molar refractivity (Wildman–Crippen MR) is 123 cm³/mol. The molecule has 4 rings (SSSR count). The van der Waals surface area contributed by atoms with Gasteiger partial charge in [0.2, 0.25) is 5.91 Å². The molecule has 1 atom stereocenters. The molecule has 3 aliphatic rings. The zero-order valence-corrected chi connectivity index (χ0v) is 19.5. The number of carbonyl (C=O) groups excluding carboxylic acids is 2. The van der Waals surface area contributed by atoms with Crippen LogP contribution in [0.1, 0.15) is 66.9 Å². The second-order valence-corrected chi connectivity index (χ2v) is 9.31. The smallest absolute Gasteiger partial charge is 0.263 e. The van der Waals surface area contributed by atoms with E-state index in [-0.39, 0.29) is 47.3 Å². The third-order valence-corrected chi connectivity index (χ3v) is 7.13. The number of piperidine rings is 1. The molecule has 8 heteroatoms. The van der Waals surface area contributed by atoms with Crippen LogP contribution < -0.4 is 10.9 Å². The summed E-state index contributed by atoms with van der Waals surface area (Å²) in [7, 11) is 1.76. The molecule has 1 aliphatic carbocycles. The van der Waals surface area contributed by atoms with Gasteiger partial charge in [-0.05, 0) is 57.3 Å². The standard InChI is InChI=1S/C23H34N4O3.ClH/c1-16-9-12-26(19-7-10-24-11-8-19)23(30)21(16)22(29)25(2)14-17-13-20(28)27(15-17)18-5-3-4-6-18;/h9,12,17-19,24H,3-8,10-11,13-15H2,1-2H3;1H. The topological polar surface area (TPSA) is 74.6 Å². The molecule has 1 aromatic heterocycles. The maximum absolute atomic E-state index is 13.2. The first-order valence-corrected chi connectivity index (χ1v) is 11.4. The number of nitrogens with zero attached hydrogens (tertiary/aromatic N) is 3. The summed E-state index contributed by atoms with van der Waals surface area (Å²) in [6.45, 7) is 4.85. The van der Waals surface area contributed by atoms with Crippen molar-refractivity contribution in [3.8, 4) is 0 Å². The number of amides is 2. The Labute approximate surface area is 190 Å². The van der Waals surface area contributed by atoms with Gasteiger partial charge in [0.25, 0.3) is 11.5 Å². The first-order valence-electron chi connectivity index (χ1n) is 11.4. The second-order valence-electron chi connectivity index (χ2n) is 9.31. The fourth-order valence-electron chi connectivity index (χ4n) is 5.43. The monoisotopic (exact) mass is 450 g/mol. The number of aryl methyl sites for hydroxylation is 1. The van der Waals surface area contributed by atoms with Gasteiger partial charge >= 0.3 is 0 Å². The lowest BCUT2D eigenvalue weighted by molar-refractivity contribution is -0.129. The maximum atomic E-state index is 13.2. The zero-order valence-electron chi connectivity index (χ0n) is 18.6. The molecule has 1 unspecified atom stereocenters. The molecule has 3 heterocycles. The average Bonchev–Trinajstić information content (AvgIpc) is 3.38. The Kier molecular flexibility index (Phi) is 7.81. The van der Waals surface area contributed by atoms with E-state index in [0.29, 0.717) is 19.0 Å². The fourth-order valence-corrected chi connectivity index (χ4v) is 5.43. The van der Waals surface area contributed by atoms with Crippen molar-refractivity contribution >= 4 is 24.2 Å². The number of halogens is 1. The quantitative estimate of drug-likeness (QED) is 0.747. The van der Waals surface area contributed by atoms with Crippen LogP contribution in [0.3, 0.4) is 0 Å². The molecule has 7 nitrogen and oxygen atoms in total. The maximum Gasteiger partial charge on any atom is 0.263 e. The summed E-state index contributed by atoms with van der Waals surface area (Å²) in [5, 5.41) is 3.32. The van der Waals surface area contributed by atoms with E-state index in [1.807, 2.05) is 24.1 Å². The van der Waals surface area contributed by atoms with E-state index >= 15 is 0 Å². The van der Waals surface area contributed by atoms with Crippen molar-refractivity contribution in [2.24, 2.45) is 5.92 Å². The number of aromatic nitrogens is 1. The van der Waals surface area contributed by atoms with E-state index in [9.17, 15) is 14.4 Å². The number of likely N-dealkylation sites (tertiary alicyclic amines) is 1. The van der Waals surface area contributed by atoms with Gasteiger partial charge in [-0.1, -0.05) is 12.8 Å². The van der Waals surface area contributed by atoms with Crippen LogP contribution in [0.2, 0.25) is 0 Å². The molecule has 2 amide bonds. The summed E-state index contributed by atoms with van der Waals surface area (Å²) in [4.78, 5) is 42.6. The summed E-state index contributed by atoms with van der Waals surface area (Å²) in [5.41, 5.74) is 0.807. The van der Waals surface area contributed by atoms with E-state index in [1.165, 1.54) is 12.8 Å². The Morgan fingerprint density at radius 3 is 2.48 bits per heavy atom. The molecule has 1 N–H and O–H groups in total. The molecule has 0 aromatic carbocycles. The number of hydrogen-bond acceptors (Lipinski definition) is 4. The van der Waals surface area contributed by atoms with E-state index in [1.54, 1.807) is 16.5 Å². The predicted octanol–water partition coefficient (Wildman–Crippen LogP) is 2.37. The van der Waals surface area contributed by atoms with Crippen LogP contribution in [0.4, 0.5) is 0 Å². The minimum absolute atomic E-state index is 0. The zero-order chi connectivity index (χ0) is 21.3. The Morgan fingerprint density at radius 1 is 1.13 bits per heavy atom. The van der Waals surface area contributed by atoms with Gasteiger partial charge < -0.3 is 19.7 Å². The minimum Gasteiger partial charge on any atom is -0.341 e. The number of nitrogens with one attached hydrogen (secondary N) is 1. The van der Waals surface area contributed by atoms with Gasteiger partial charge in [-0.3, -0.25) is 14.4 Å².